The number of hydrogen-bond donors (Lipinski definition) is 0. The molecule has 0 N–H and O–H groups in total. The highest BCUT2D eigenvalue weighted by atomic mass is 32.2. The normalized spacial score (nSPS) is 11.3. The molecule has 28 heavy (non-hydrogen) atoms. The van der Waals surface area contributed by atoms with Gasteiger partial charge in [0.05, 0.1) is 32.7 Å². The van der Waals surface area contributed by atoms with E-state index >= 15 is 0 Å². The molecule has 2 aromatic carbocycles. The van der Waals surface area contributed by atoms with E-state index in [-0.39, 0.29) is 23.7 Å². The molecule has 9 heteroatoms. The van der Waals surface area contributed by atoms with E-state index in [1.165, 1.54) is 32.6 Å². The zero-order valence-corrected chi connectivity index (χ0v) is 15.9. The van der Waals surface area contributed by atoms with Crippen LogP contribution in [0.5, 0.6) is 11.5 Å². The third-order valence-corrected chi connectivity index (χ3v) is 5.79. The Kier molecular flexibility index (Phi) is 5.55. The Labute approximate surface area is 161 Å². The van der Waals surface area contributed by atoms with Gasteiger partial charge in [0.1, 0.15) is 22.3 Å². The minimum atomic E-state index is -4.39. The summed E-state index contributed by atoms with van der Waals surface area (Å²) in [6, 6.07) is 9.96. The van der Waals surface area contributed by atoms with Gasteiger partial charge in [0, 0.05) is 12.1 Å². The van der Waals surface area contributed by atoms with Crippen LogP contribution in [-0.4, -0.2) is 22.6 Å². The molecule has 0 amide bonds. The Hall–Kier alpha value is -3.07. The maximum atomic E-state index is 14.6. The van der Waals surface area contributed by atoms with Crippen molar-refractivity contribution in [3.05, 3.63) is 72.2 Å². The lowest BCUT2D eigenvalue weighted by Crippen LogP contribution is -2.31. The lowest BCUT2D eigenvalue weighted by atomic mass is 10.3. The van der Waals surface area contributed by atoms with Crippen molar-refractivity contribution in [3.8, 4) is 11.5 Å². The van der Waals surface area contributed by atoms with Gasteiger partial charge in [-0.05, 0) is 36.4 Å². The fourth-order valence-corrected chi connectivity index (χ4v) is 4.11. The highest BCUT2D eigenvalue weighted by Crippen LogP contribution is 2.35. The molecule has 3 rings (SSSR count). The first-order valence-electron chi connectivity index (χ1n) is 8.09. The smallest absolute Gasteiger partial charge is 0.267 e. The first-order chi connectivity index (χ1) is 13.4. The van der Waals surface area contributed by atoms with Crippen LogP contribution in [0, 0.1) is 11.6 Å². The Morgan fingerprint density at radius 3 is 2.21 bits per heavy atom. The number of halogens is 2. The molecule has 1 heterocycles. The van der Waals surface area contributed by atoms with Crippen LogP contribution in [0.25, 0.3) is 0 Å². The summed E-state index contributed by atoms with van der Waals surface area (Å²) in [5, 5.41) is 0. The lowest BCUT2D eigenvalue weighted by Gasteiger charge is -2.24. The Morgan fingerprint density at radius 2 is 1.64 bits per heavy atom. The standard InChI is InChI=1S/C19H17F2NO5S/c1-25-17-10-16(21)19(11-18(17)26-2)28(23,24)22(12-15-4-3-9-27-15)14-7-5-13(20)6-8-14/h3-11H,12H2,1-2H3. The van der Waals surface area contributed by atoms with E-state index in [1.54, 1.807) is 12.1 Å². The van der Waals surface area contributed by atoms with Crippen LogP contribution in [0.15, 0.2) is 64.1 Å². The van der Waals surface area contributed by atoms with Gasteiger partial charge in [0.2, 0.25) is 0 Å². The number of methoxy groups -OCH3 is 2. The van der Waals surface area contributed by atoms with Crippen molar-refractivity contribution in [2.24, 2.45) is 0 Å². The van der Waals surface area contributed by atoms with E-state index in [0.717, 1.165) is 28.6 Å². The molecule has 1 aromatic heterocycles. The molecule has 148 valence electrons. The first kappa shape index (κ1) is 19.7. The molecule has 0 aliphatic heterocycles. The van der Waals surface area contributed by atoms with Crippen molar-refractivity contribution in [2.45, 2.75) is 11.4 Å². The van der Waals surface area contributed by atoms with Crippen LogP contribution >= 0.6 is 0 Å². The number of hydrogen-bond acceptors (Lipinski definition) is 5. The summed E-state index contributed by atoms with van der Waals surface area (Å²) < 4.78 is 70.8. The summed E-state index contributed by atoms with van der Waals surface area (Å²) in [5.41, 5.74) is 0.145. The monoisotopic (exact) mass is 409 g/mol. The van der Waals surface area contributed by atoms with Crippen molar-refractivity contribution < 1.29 is 31.1 Å². The van der Waals surface area contributed by atoms with Gasteiger partial charge in [-0.3, -0.25) is 4.31 Å². The van der Waals surface area contributed by atoms with Crippen LogP contribution in [0.2, 0.25) is 0 Å². The molecule has 3 aromatic rings. The number of rotatable bonds is 7. The molecule has 0 aliphatic carbocycles. The van der Waals surface area contributed by atoms with Crippen LogP contribution in [0.4, 0.5) is 14.5 Å². The van der Waals surface area contributed by atoms with E-state index in [2.05, 4.69) is 0 Å². The predicted molar refractivity (Wildman–Crippen MR) is 98.0 cm³/mol. The fourth-order valence-electron chi connectivity index (χ4n) is 2.62. The maximum absolute atomic E-state index is 14.6. The van der Waals surface area contributed by atoms with Gasteiger partial charge in [-0.15, -0.1) is 0 Å². The second-order valence-corrected chi connectivity index (χ2v) is 7.54. The Balaban J connectivity index is 2.14. The molecular weight excluding hydrogens is 392 g/mol. The van der Waals surface area contributed by atoms with E-state index in [1.807, 2.05) is 0 Å². The molecule has 0 radical (unpaired) electrons. The average molecular weight is 409 g/mol. The molecule has 0 bridgehead atoms. The van der Waals surface area contributed by atoms with Gasteiger partial charge in [0.15, 0.2) is 11.5 Å². The van der Waals surface area contributed by atoms with E-state index in [0.29, 0.717) is 5.76 Å². The van der Waals surface area contributed by atoms with E-state index < -0.39 is 26.6 Å². The summed E-state index contributed by atoms with van der Waals surface area (Å²) in [6.45, 7) is -0.214. The zero-order chi connectivity index (χ0) is 20.3. The van der Waals surface area contributed by atoms with Gasteiger partial charge in [0.25, 0.3) is 10.0 Å². The average Bonchev–Trinajstić information content (AvgIpc) is 3.19. The van der Waals surface area contributed by atoms with Gasteiger partial charge in [-0.2, -0.15) is 0 Å². The highest BCUT2D eigenvalue weighted by molar-refractivity contribution is 7.92. The molecule has 0 aliphatic rings. The fraction of sp³-hybridized carbons (Fsp3) is 0.158. The molecular formula is C19H17F2NO5S. The number of ether oxygens (including phenoxy) is 2. The highest BCUT2D eigenvalue weighted by Gasteiger charge is 2.30. The lowest BCUT2D eigenvalue weighted by molar-refractivity contribution is 0.350. The number of benzene rings is 2. The van der Waals surface area contributed by atoms with Crippen LogP contribution in [0.1, 0.15) is 5.76 Å². The second kappa shape index (κ2) is 7.89. The Morgan fingerprint density at radius 1 is 1.00 bits per heavy atom. The van der Waals surface area contributed by atoms with E-state index in [9.17, 15) is 17.2 Å². The minimum absolute atomic E-state index is 0.0540. The summed E-state index contributed by atoms with van der Waals surface area (Å²) in [6.07, 6.45) is 1.39. The molecule has 6 nitrogen and oxygen atoms in total. The predicted octanol–water partition coefficient (Wildman–Crippen LogP) is 3.97. The second-order valence-electron chi connectivity index (χ2n) is 5.71. The van der Waals surface area contributed by atoms with Crippen LogP contribution in [0.3, 0.4) is 0 Å². The van der Waals surface area contributed by atoms with Crippen LogP contribution < -0.4 is 13.8 Å². The molecule has 0 saturated carbocycles. The zero-order valence-electron chi connectivity index (χ0n) is 15.1. The number of nitrogens with zero attached hydrogens (tertiary/aromatic N) is 1. The number of furan rings is 1. The minimum Gasteiger partial charge on any atom is -0.493 e. The van der Waals surface area contributed by atoms with Gasteiger partial charge < -0.3 is 13.9 Å². The summed E-state index contributed by atoms with van der Waals surface area (Å²) in [4.78, 5) is -0.610. The third-order valence-electron chi connectivity index (χ3n) is 4.00. The number of anilines is 1. The van der Waals surface area contributed by atoms with Crippen molar-refractivity contribution in [1.82, 2.24) is 0 Å². The van der Waals surface area contributed by atoms with E-state index in [4.69, 9.17) is 13.9 Å². The number of sulfonamides is 1. The summed E-state index contributed by atoms with van der Waals surface area (Å²) in [7, 11) is -1.77. The van der Waals surface area contributed by atoms with Gasteiger partial charge in [-0.25, -0.2) is 17.2 Å². The first-order valence-corrected chi connectivity index (χ1v) is 9.53. The maximum Gasteiger partial charge on any atom is 0.267 e. The summed E-state index contributed by atoms with van der Waals surface area (Å²) in [5.74, 6) is -1.10. The van der Waals surface area contributed by atoms with Crippen molar-refractivity contribution >= 4 is 15.7 Å². The van der Waals surface area contributed by atoms with Crippen LogP contribution in [-0.2, 0) is 16.6 Å². The molecule has 0 fully saturated rings. The molecule has 0 unspecified atom stereocenters. The quantitative estimate of drug-likeness (QED) is 0.591. The van der Waals surface area contributed by atoms with Gasteiger partial charge >= 0.3 is 0 Å². The van der Waals surface area contributed by atoms with Crippen molar-refractivity contribution in [1.29, 1.82) is 0 Å². The third kappa shape index (κ3) is 3.79. The SMILES string of the molecule is COc1cc(F)c(S(=O)(=O)N(Cc2ccco2)c2ccc(F)cc2)cc1OC. The molecule has 0 spiro atoms. The van der Waals surface area contributed by atoms with Crippen molar-refractivity contribution in [2.75, 3.05) is 18.5 Å². The molecule has 0 saturated heterocycles. The largest absolute Gasteiger partial charge is 0.493 e. The molecule has 0 atom stereocenters. The van der Waals surface area contributed by atoms with Gasteiger partial charge in [-0.1, -0.05) is 0 Å². The topological polar surface area (TPSA) is 69.0 Å². The summed E-state index contributed by atoms with van der Waals surface area (Å²) >= 11 is 0. The Bertz CT molecular complexity index is 1050. The van der Waals surface area contributed by atoms with Crippen molar-refractivity contribution in [3.63, 3.8) is 0 Å².